The van der Waals surface area contributed by atoms with E-state index in [1.54, 1.807) is 0 Å². The van der Waals surface area contributed by atoms with Crippen molar-refractivity contribution in [3.63, 3.8) is 0 Å². The van der Waals surface area contributed by atoms with E-state index in [2.05, 4.69) is 26.9 Å². The predicted octanol–water partition coefficient (Wildman–Crippen LogP) is 3.37. The van der Waals surface area contributed by atoms with Crippen molar-refractivity contribution in [2.75, 3.05) is 13.6 Å². The molecule has 1 aromatic heterocycles. The van der Waals surface area contributed by atoms with Crippen LogP contribution in [0.1, 0.15) is 29.8 Å². The van der Waals surface area contributed by atoms with Crippen molar-refractivity contribution in [3.8, 4) is 5.75 Å². The van der Waals surface area contributed by atoms with Gasteiger partial charge in [-0.2, -0.15) is 5.10 Å². The molecule has 1 N–H and O–H groups in total. The normalized spacial score (nSPS) is 26.5. The number of halogens is 3. The number of piperidine rings is 1. The number of ketones is 1. The molecule has 0 radical (unpaired) electrons. The average molecular weight is 353 g/mol. The predicted molar refractivity (Wildman–Crippen MR) is 84.4 cm³/mol. The van der Waals surface area contributed by atoms with Crippen LogP contribution in [0.15, 0.2) is 18.2 Å². The Labute approximate surface area is 142 Å². The number of nitrogens with zero attached hydrogens (tertiary/aromatic N) is 2. The maximum absolute atomic E-state index is 12.6. The molecule has 2 aliphatic rings. The Kier molecular flexibility index (Phi) is 3.75. The van der Waals surface area contributed by atoms with Crippen LogP contribution in [0.5, 0.6) is 5.75 Å². The number of benzene rings is 1. The highest BCUT2D eigenvalue weighted by Crippen LogP contribution is 2.43. The van der Waals surface area contributed by atoms with Gasteiger partial charge in [0, 0.05) is 30.5 Å². The van der Waals surface area contributed by atoms with E-state index in [4.69, 9.17) is 0 Å². The van der Waals surface area contributed by atoms with Gasteiger partial charge in [-0.25, -0.2) is 0 Å². The molecule has 2 aromatic rings. The third-order valence-electron chi connectivity index (χ3n) is 5.44. The minimum atomic E-state index is -4.75. The van der Waals surface area contributed by atoms with Gasteiger partial charge in [0.15, 0.2) is 5.78 Å². The molecule has 3 unspecified atom stereocenters. The third-order valence-corrected chi connectivity index (χ3v) is 5.44. The smallest absolute Gasteiger partial charge is 0.406 e. The largest absolute Gasteiger partial charge is 0.573 e. The van der Waals surface area contributed by atoms with Crippen LogP contribution in [0.4, 0.5) is 13.2 Å². The van der Waals surface area contributed by atoms with Crippen molar-refractivity contribution in [2.45, 2.75) is 31.7 Å². The molecule has 25 heavy (non-hydrogen) atoms. The van der Waals surface area contributed by atoms with Gasteiger partial charge in [-0.05, 0) is 43.9 Å². The Bertz CT molecular complexity index is 815. The summed E-state index contributed by atoms with van der Waals surface area (Å²) in [7, 11) is 2.12. The van der Waals surface area contributed by atoms with Crippen molar-refractivity contribution in [3.05, 3.63) is 23.9 Å². The number of Topliss-reactive ketones (excluding diaryl/α,β-unsaturated/α-hetero) is 1. The van der Waals surface area contributed by atoms with Crippen LogP contribution in [-0.4, -0.2) is 46.9 Å². The second-order valence-corrected chi connectivity index (χ2v) is 7.04. The molecular weight excluding hydrogens is 335 g/mol. The first kappa shape index (κ1) is 16.4. The Morgan fingerprint density at radius 2 is 2.20 bits per heavy atom. The van der Waals surface area contributed by atoms with E-state index >= 15 is 0 Å². The highest BCUT2D eigenvalue weighted by atomic mass is 19.4. The minimum Gasteiger partial charge on any atom is -0.406 e. The van der Waals surface area contributed by atoms with Crippen LogP contribution >= 0.6 is 0 Å². The number of nitrogens with one attached hydrogen (secondary N) is 1. The second-order valence-electron chi connectivity index (χ2n) is 7.04. The quantitative estimate of drug-likeness (QED) is 0.856. The Morgan fingerprint density at radius 3 is 2.84 bits per heavy atom. The first-order chi connectivity index (χ1) is 11.8. The molecule has 1 saturated heterocycles. The third kappa shape index (κ3) is 3.10. The summed E-state index contributed by atoms with van der Waals surface area (Å²) in [5.74, 6) is 0.527. The summed E-state index contributed by atoms with van der Waals surface area (Å²) in [5, 5.41) is 7.19. The minimum absolute atomic E-state index is 0.0593. The molecular formula is C17H18F3N3O2. The average Bonchev–Trinajstić information content (AvgIpc) is 3.18. The van der Waals surface area contributed by atoms with Crippen LogP contribution in [0.25, 0.3) is 10.9 Å². The van der Waals surface area contributed by atoms with E-state index in [-0.39, 0.29) is 11.5 Å². The molecule has 0 amide bonds. The monoisotopic (exact) mass is 353 g/mol. The van der Waals surface area contributed by atoms with Gasteiger partial charge in [0.2, 0.25) is 0 Å². The summed E-state index contributed by atoms with van der Waals surface area (Å²) in [4.78, 5) is 15.0. The van der Waals surface area contributed by atoms with Crippen LogP contribution < -0.4 is 4.74 Å². The number of hydrogen-bond acceptors (Lipinski definition) is 4. The number of hydrogen-bond donors (Lipinski definition) is 1. The molecule has 3 atom stereocenters. The molecule has 5 nitrogen and oxygen atoms in total. The van der Waals surface area contributed by atoms with Crippen molar-refractivity contribution in [1.82, 2.24) is 15.1 Å². The summed E-state index contributed by atoms with van der Waals surface area (Å²) in [6.07, 6.45) is -2.14. The molecule has 0 spiro atoms. The van der Waals surface area contributed by atoms with E-state index in [0.717, 1.165) is 19.4 Å². The lowest BCUT2D eigenvalue weighted by atomic mass is 9.89. The van der Waals surface area contributed by atoms with Gasteiger partial charge < -0.3 is 9.64 Å². The molecule has 2 bridgehead atoms. The standard InChI is InChI=1S/C17H18F3N3O2/c1-23-8-10-5-11(23)4-9(10)6-15(24)16-13-3-2-12(25-17(18,19)20)7-14(13)21-22-16/h2-3,7,9-11H,4-6,8H2,1H3,(H,21,22). The molecule has 1 aliphatic heterocycles. The van der Waals surface area contributed by atoms with Gasteiger partial charge in [-0.15, -0.1) is 13.2 Å². The van der Waals surface area contributed by atoms with E-state index in [1.807, 2.05) is 0 Å². The highest BCUT2D eigenvalue weighted by molar-refractivity contribution is 6.06. The zero-order valence-electron chi connectivity index (χ0n) is 13.6. The maximum Gasteiger partial charge on any atom is 0.573 e. The van der Waals surface area contributed by atoms with E-state index in [1.165, 1.54) is 18.2 Å². The number of carbonyl (C=O) groups is 1. The van der Waals surface area contributed by atoms with Gasteiger partial charge >= 0.3 is 6.36 Å². The van der Waals surface area contributed by atoms with Crippen LogP contribution in [0, 0.1) is 11.8 Å². The molecule has 134 valence electrons. The van der Waals surface area contributed by atoms with Crippen LogP contribution in [-0.2, 0) is 0 Å². The number of rotatable bonds is 4. The van der Waals surface area contributed by atoms with Crippen molar-refractivity contribution in [1.29, 1.82) is 0 Å². The molecule has 2 fully saturated rings. The van der Waals surface area contributed by atoms with Gasteiger partial charge in [0.05, 0.1) is 5.52 Å². The number of aromatic amines is 1. The molecule has 1 aliphatic carbocycles. The van der Waals surface area contributed by atoms with Gasteiger partial charge in [0.25, 0.3) is 0 Å². The fourth-order valence-corrected chi connectivity index (χ4v) is 4.28. The summed E-state index contributed by atoms with van der Waals surface area (Å²) in [6.45, 7) is 1.03. The van der Waals surface area contributed by atoms with Gasteiger partial charge in [-0.1, -0.05) is 0 Å². The lowest BCUT2D eigenvalue weighted by Crippen LogP contribution is -2.32. The summed E-state index contributed by atoms with van der Waals surface area (Å²) in [6, 6.07) is 4.43. The molecule has 1 saturated carbocycles. The van der Waals surface area contributed by atoms with Crippen LogP contribution in [0.2, 0.25) is 0 Å². The lowest BCUT2D eigenvalue weighted by molar-refractivity contribution is -0.274. The Hall–Kier alpha value is -2.09. The summed E-state index contributed by atoms with van der Waals surface area (Å²) >= 11 is 0. The van der Waals surface area contributed by atoms with E-state index < -0.39 is 6.36 Å². The number of alkyl halides is 3. The van der Waals surface area contributed by atoms with E-state index in [0.29, 0.717) is 40.9 Å². The van der Waals surface area contributed by atoms with E-state index in [9.17, 15) is 18.0 Å². The molecule has 4 rings (SSSR count). The lowest BCUT2D eigenvalue weighted by Gasteiger charge is -2.27. The molecule has 2 heterocycles. The topological polar surface area (TPSA) is 58.2 Å². The highest BCUT2D eigenvalue weighted by Gasteiger charge is 2.43. The molecule has 1 aromatic carbocycles. The Balaban J connectivity index is 1.50. The Morgan fingerprint density at radius 1 is 1.40 bits per heavy atom. The number of ether oxygens (including phenoxy) is 1. The van der Waals surface area contributed by atoms with Crippen LogP contribution in [0.3, 0.4) is 0 Å². The SMILES string of the molecule is CN1CC2CC1CC2CC(=O)c1n[nH]c2cc(OC(F)(F)F)ccc12. The number of likely N-dealkylation sites (tertiary alicyclic amines) is 1. The fourth-order valence-electron chi connectivity index (χ4n) is 4.28. The van der Waals surface area contributed by atoms with Gasteiger partial charge in [-0.3, -0.25) is 9.89 Å². The van der Waals surface area contributed by atoms with Crippen molar-refractivity contribution < 1.29 is 22.7 Å². The van der Waals surface area contributed by atoms with Crippen molar-refractivity contribution >= 4 is 16.7 Å². The maximum atomic E-state index is 12.6. The van der Waals surface area contributed by atoms with Gasteiger partial charge in [0.1, 0.15) is 11.4 Å². The second kappa shape index (κ2) is 5.72. The molecule has 8 heteroatoms. The summed E-state index contributed by atoms with van der Waals surface area (Å²) < 4.78 is 40.8. The first-order valence-corrected chi connectivity index (χ1v) is 8.27. The number of aromatic nitrogens is 2. The first-order valence-electron chi connectivity index (χ1n) is 8.27. The fraction of sp³-hybridized carbons (Fsp3) is 0.529. The van der Waals surface area contributed by atoms with Crippen molar-refractivity contribution in [2.24, 2.45) is 11.8 Å². The number of carbonyl (C=O) groups excluding carboxylic acids is 1. The summed E-state index contributed by atoms with van der Waals surface area (Å²) in [5.41, 5.74) is 0.655. The number of fused-ring (bicyclic) bond motifs is 3. The zero-order chi connectivity index (χ0) is 17.8. The number of H-pyrrole nitrogens is 1. The zero-order valence-corrected chi connectivity index (χ0v) is 13.6.